The monoisotopic (exact) mass is 396 g/mol. The molecule has 1 saturated carbocycles. The Morgan fingerprint density at radius 3 is 2.86 bits per heavy atom. The van der Waals surface area contributed by atoms with Crippen LogP contribution in [0, 0.1) is 5.92 Å². The van der Waals surface area contributed by atoms with Crippen LogP contribution in [0.15, 0.2) is 35.5 Å². The van der Waals surface area contributed by atoms with Crippen LogP contribution < -0.4 is 0 Å². The number of nitrogens with zero attached hydrogens (tertiary/aromatic N) is 3. The lowest BCUT2D eigenvalue weighted by molar-refractivity contribution is -0.143. The van der Waals surface area contributed by atoms with Gasteiger partial charge in [-0.05, 0) is 49.6 Å². The zero-order chi connectivity index (χ0) is 19.1. The highest BCUT2D eigenvalue weighted by atomic mass is 32.2. The van der Waals surface area contributed by atoms with Crippen LogP contribution >= 0.6 is 11.8 Å². The molecule has 0 unspecified atom stereocenters. The molecular formula is C22H28N4OS. The Balaban J connectivity index is 1.35. The van der Waals surface area contributed by atoms with Gasteiger partial charge in [0.2, 0.25) is 5.91 Å². The number of thioether (sulfide) groups is 1. The number of aromatic amines is 1. The zero-order valence-corrected chi connectivity index (χ0v) is 17.3. The summed E-state index contributed by atoms with van der Waals surface area (Å²) < 4.78 is 0. The standard InChI is InChI=1S/C22H28N4OS/c1-28-18-4-2-3-16(13-18)14-25-11-8-22(9-12-25)20-19(23-15-24-20)7-10-26(22)21(27)17-5-6-17/h2-4,13,15,17H,5-12,14H2,1H3,(H,23,24). The molecule has 5 rings (SSSR count). The van der Waals surface area contributed by atoms with Gasteiger partial charge in [0.25, 0.3) is 0 Å². The van der Waals surface area contributed by atoms with Crippen molar-refractivity contribution in [2.24, 2.45) is 5.92 Å². The summed E-state index contributed by atoms with van der Waals surface area (Å²) in [6, 6.07) is 8.84. The molecule has 2 aliphatic heterocycles. The lowest BCUT2D eigenvalue weighted by atomic mass is 9.78. The van der Waals surface area contributed by atoms with Gasteiger partial charge < -0.3 is 9.88 Å². The average Bonchev–Trinajstić information content (AvgIpc) is 3.47. The summed E-state index contributed by atoms with van der Waals surface area (Å²) in [6.45, 7) is 3.82. The maximum atomic E-state index is 13.1. The second kappa shape index (κ2) is 7.23. The van der Waals surface area contributed by atoms with Gasteiger partial charge in [0.15, 0.2) is 0 Å². The molecule has 1 N–H and O–H groups in total. The Hall–Kier alpha value is -1.79. The van der Waals surface area contributed by atoms with Crippen molar-refractivity contribution in [3.8, 4) is 0 Å². The van der Waals surface area contributed by atoms with E-state index < -0.39 is 0 Å². The Kier molecular flexibility index (Phi) is 4.71. The maximum Gasteiger partial charge on any atom is 0.226 e. The molecule has 1 spiro atoms. The Labute approximate surface area is 170 Å². The van der Waals surface area contributed by atoms with Crippen LogP contribution in [0.3, 0.4) is 0 Å². The van der Waals surface area contributed by atoms with E-state index in [0.29, 0.717) is 5.91 Å². The van der Waals surface area contributed by atoms with Gasteiger partial charge in [-0.3, -0.25) is 9.69 Å². The van der Waals surface area contributed by atoms with Crippen molar-refractivity contribution in [1.82, 2.24) is 19.8 Å². The quantitative estimate of drug-likeness (QED) is 0.805. The zero-order valence-electron chi connectivity index (χ0n) is 16.5. The van der Waals surface area contributed by atoms with E-state index in [9.17, 15) is 4.79 Å². The minimum absolute atomic E-state index is 0.203. The molecule has 5 nitrogen and oxygen atoms in total. The number of fused-ring (bicyclic) bond motifs is 2. The SMILES string of the molecule is CSc1cccc(CN2CCC3(CC2)c2nc[nH]c2CCN3C(=O)C2CC2)c1. The van der Waals surface area contributed by atoms with E-state index in [1.165, 1.54) is 16.2 Å². The molecule has 1 saturated heterocycles. The predicted octanol–water partition coefficient (Wildman–Crippen LogP) is 3.42. The number of carbonyl (C=O) groups is 1. The molecular weight excluding hydrogens is 368 g/mol. The molecule has 6 heteroatoms. The van der Waals surface area contributed by atoms with E-state index in [1.807, 2.05) is 6.33 Å². The van der Waals surface area contributed by atoms with Crippen molar-refractivity contribution in [3.05, 3.63) is 47.5 Å². The molecule has 2 aromatic rings. The number of imidazole rings is 1. The molecule has 148 valence electrons. The molecule has 3 heterocycles. The number of H-pyrrole nitrogens is 1. The largest absolute Gasteiger partial charge is 0.348 e. The molecule has 2 fully saturated rings. The van der Waals surface area contributed by atoms with Gasteiger partial charge in [-0.2, -0.15) is 0 Å². The van der Waals surface area contributed by atoms with Crippen LogP contribution in [0.2, 0.25) is 0 Å². The van der Waals surface area contributed by atoms with Crippen LogP contribution in [0.25, 0.3) is 0 Å². The minimum Gasteiger partial charge on any atom is -0.348 e. The lowest BCUT2D eigenvalue weighted by Crippen LogP contribution is -2.58. The van der Waals surface area contributed by atoms with E-state index in [2.05, 4.69) is 45.3 Å². The van der Waals surface area contributed by atoms with E-state index >= 15 is 0 Å². The summed E-state index contributed by atoms with van der Waals surface area (Å²) in [5, 5.41) is 0. The topological polar surface area (TPSA) is 52.2 Å². The van der Waals surface area contributed by atoms with Crippen LogP contribution in [0.1, 0.15) is 42.6 Å². The summed E-state index contributed by atoms with van der Waals surface area (Å²) in [5.74, 6) is 0.638. The smallest absolute Gasteiger partial charge is 0.226 e. The Bertz CT molecular complexity index is 867. The predicted molar refractivity (Wildman–Crippen MR) is 111 cm³/mol. The van der Waals surface area contributed by atoms with Crippen molar-refractivity contribution < 1.29 is 4.79 Å². The minimum atomic E-state index is -0.203. The summed E-state index contributed by atoms with van der Waals surface area (Å²) in [5.41, 5.74) is 3.54. The van der Waals surface area contributed by atoms with Crippen molar-refractivity contribution in [3.63, 3.8) is 0 Å². The number of nitrogens with one attached hydrogen (secondary N) is 1. The number of carbonyl (C=O) groups excluding carboxylic acids is 1. The van der Waals surface area contributed by atoms with Crippen molar-refractivity contribution in [1.29, 1.82) is 0 Å². The fourth-order valence-electron chi connectivity index (χ4n) is 4.97. The fraction of sp³-hybridized carbons (Fsp3) is 0.545. The summed E-state index contributed by atoms with van der Waals surface area (Å²) in [6.07, 6.45) is 8.93. The molecule has 1 aromatic heterocycles. The highest BCUT2D eigenvalue weighted by Gasteiger charge is 2.50. The third-order valence-electron chi connectivity index (χ3n) is 6.68. The number of rotatable bonds is 4. The van der Waals surface area contributed by atoms with Gasteiger partial charge in [0.1, 0.15) is 0 Å². The molecule has 0 bridgehead atoms. The van der Waals surface area contributed by atoms with Gasteiger partial charge in [-0.15, -0.1) is 11.8 Å². The Morgan fingerprint density at radius 1 is 1.29 bits per heavy atom. The summed E-state index contributed by atoms with van der Waals surface area (Å²) in [4.78, 5) is 27.2. The van der Waals surface area contributed by atoms with Crippen molar-refractivity contribution >= 4 is 17.7 Å². The number of benzene rings is 1. The highest BCUT2D eigenvalue weighted by Crippen LogP contribution is 2.45. The van der Waals surface area contributed by atoms with Crippen LogP contribution in [0.5, 0.6) is 0 Å². The van der Waals surface area contributed by atoms with Crippen LogP contribution in [-0.4, -0.2) is 51.6 Å². The second-order valence-corrected chi connectivity index (χ2v) is 9.28. The number of hydrogen-bond acceptors (Lipinski definition) is 4. The molecule has 0 atom stereocenters. The maximum absolute atomic E-state index is 13.1. The number of aromatic nitrogens is 2. The third-order valence-corrected chi connectivity index (χ3v) is 7.40. The van der Waals surface area contributed by atoms with Crippen LogP contribution in [0.4, 0.5) is 0 Å². The van der Waals surface area contributed by atoms with Gasteiger partial charge in [-0.1, -0.05) is 12.1 Å². The first-order valence-electron chi connectivity index (χ1n) is 10.4. The number of amides is 1. The third kappa shape index (κ3) is 3.16. The number of hydrogen-bond donors (Lipinski definition) is 1. The van der Waals surface area contributed by atoms with E-state index in [4.69, 9.17) is 4.98 Å². The molecule has 0 radical (unpaired) electrons. The van der Waals surface area contributed by atoms with Crippen LogP contribution in [-0.2, 0) is 23.3 Å². The van der Waals surface area contributed by atoms with E-state index in [-0.39, 0.29) is 11.5 Å². The van der Waals surface area contributed by atoms with Crippen molar-refractivity contribution in [2.45, 2.75) is 49.1 Å². The van der Waals surface area contributed by atoms with Gasteiger partial charge in [0, 0.05) is 49.1 Å². The fourth-order valence-corrected chi connectivity index (χ4v) is 5.45. The van der Waals surface area contributed by atoms with Gasteiger partial charge in [0.05, 0.1) is 17.6 Å². The molecule has 1 amide bonds. The normalized spacial score (nSPS) is 21.7. The molecule has 1 aliphatic carbocycles. The first-order valence-corrected chi connectivity index (χ1v) is 11.6. The van der Waals surface area contributed by atoms with Crippen molar-refractivity contribution in [2.75, 3.05) is 25.9 Å². The molecule has 1 aromatic carbocycles. The Morgan fingerprint density at radius 2 is 2.11 bits per heavy atom. The lowest BCUT2D eigenvalue weighted by Gasteiger charge is -2.50. The highest BCUT2D eigenvalue weighted by molar-refractivity contribution is 7.98. The number of piperidine rings is 1. The summed E-state index contributed by atoms with van der Waals surface area (Å²) >= 11 is 1.79. The first kappa shape index (κ1) is 18.3. The summed E-state index contributed by atoms with van der Waals surface area (Å²) in [7, 11) is 0. The molecule has 3 aliphatic rings. The number of likely N-dealkylation sites (tertiary alicyclic amines) is 1. The first-order chi connectivity index (χ1) is 13.7. The molecule has 28 heavy (non-hydrogen) atoms. The van der Waals surface area contributed by atoms with E-state index in [1.54, 1.807) is 11.8 Å². The average molecular weight is 397 g/mol. The van der Waals surface area contributed by atoms with Gasteiger partial charge in [-0.25, -0.2) is 4.98 Å². The van der Waals surface area contributed by atoms with E-state index in [0.717, 1.165) is 64.0 Å². The second-order valence-electron chi connectivity index (χ2n) is 8.40. The van der Waals surface area contributed by atoms with Gasteiger partial charge >= 0.3 is 0 Å².